The molecule has 3 rings (SSSR count). The second-order valence-electron chi connectivity index (χ2n) is 3.85. The fourth-order valence-corrected chi connectivity index (χ4v) is 1.81. The molecule has 0 N–H and O–H groups in total. The van der Waals surface area contributed by atoms with Crippen LogP contribution in [0.25, 0.3) is 22.3 Å². The molecule has 0 aliphatic heterocycles. The first-order valence-electron chi connectivity index (χ1n) is 5.42. The van der Waals surface area contributed by atoms with Crippen molar-refractivity contribution in [1.29, 1.82) is 0 Å². The van der Waals surface area contributed by atoms with Crippen LogP contribution in [-0.2, 0) is 0 Å². The molecule has 0 amide bonds. The first-order valence-corrected chi connectivity index (χ1v) is 5.42. The van der Waals surface area contributed by atoms with E-state index < -0.39 is 0 Å². The molecule has 0 fully saturated rings. The van der Waals surface area contributed by atoms with Crippen molar-refractivity contribution in [2.45, 2.75) is 0 Å². The third-order valence-electron chi connectivity index (χ3n) is 2.74. The van der Waals surface area contributed by atoms with Crippen molar-refractivity contribution in [3.05, 3.63) is 53.1 Å². The summed E-state index contributed by atoms with van der Waals surface area (Å²) >= 11 is 0. The van der Waals surface area contributed by atoms with Crippen molar-refractivity contribution < 1.29 is 13.6 Å². The van der Waals surface area contributed by atoms with Gasteiger partial charge in [-0.05, 0) is 18.2 Å². The predicted octanol–water partition coefficient (Wildman–Crippen LogP) is 3.06. The molecule has 4 nitrogen and oxygen atoms in total. The minimum absolute atomic E-state index is 0.0879. The minimum Gasteiger partial charge on any atom is -0.497 e. The molecular weight excluding hydrogens is 232 g/mol. The average molecular weight is 242 g/mol. The van der Waals surface area contributed by atoms with Gasteiger partial charge in [0.2, 0.25) is 0 Å². The molecule has 90 valence electrons. The van der Waals surface area contributed by atoms with Crippen LogP contribution in [0.1, 0.15) is 0 Å². The first kappa shape index (κ1) is 10.7. The number of hydrogen-bond donors (Lipinski definition) is 0. The normalized spacial score (nSPS) is 10.7. The molecule has 0 atom stereocenters. The molecule has 2 heterocycles. The van der Waals surface area contributed by atoms with Crippen LogP contribution in [0.3, 0.4) is 0 Å². The molecule has 2 aromatic heterocycles. The van der Waals surface area contributed by atoms with Gasteiger partial charge in [-0.15, -0.1) is 0 Å². The van der Waals surface area contributed by atoms with Crippen molar-refractivity contribution in [3.8, 4) is 17.1 Å². The van der Waals surface area contributed by atoms with Gasteiger partial charge in [0.1, 0.15) is 23.4 Å². The maximum atomic E-state index is 12.0. The largest absolute Gasteiger partial charge is 0.497 e. The van der Waals surface area contributed by atoms with E-state index in [1.807, 2.05) is 0 Å². The van der Waals surface area contributed by atoms with E-state index in [0.717, 1.165) is 5.56 Å². The Balaban J connectivity index is 2.28. The second kappa shape index (κ2) is 4.07. The molecule has 0 unspecified atom stereocenters. The Morgan fingerprint density at radius 3 is 2.78 bits per heavy atom. The van der Waals surface area contributed by atoms with Crippen LogP contribution >= 0.6 is 0 Å². The van der Waals surface area contributed by atoms with Crippen molar-refractivity contribution in [2.24, 2.45) is 0 Å². The lowest BCUT2D eigenvalue weighted by Crippen LogP contribution is -2.00. The lowest BCUT2D eigenvalue weighted by Gasteiger charge is -2.03. The van der Waals surface area contributed by atoms with Gasteiger partial charge in [-0.1, -0.05) is 0 Å². The first-order chi connectivity index (χ1) is 8.78. The molecular formula is C14H10O4. The smallest absolute Gasteiger partial charge is 0.193 e. The van der Waals surface area contributed by atoms with E-state index in [-0.39, 0.29) is 5.43 Å². The highest BCUT2D eigenvalue weighted by atomic mass is 16.5. The fraction of sp³-hybridized carbons (Fsp3) is 0.0714. The van der Waals surface area contributed by atoms with Crippen LogP contribution in [0.4, 0.5) is 0 Å². The summed E-state index contributed by atoms with van der Waals surface area (Å²) in [7, 11) is 1.57. The minimum atomic E-state index is -0.0879. The summed E-state index contributed by atoms with van der Waals surface area (Å²) in [5.41, 5.74) is 1.14. The zero-order chi connectivity index (χ0) is 12.5. The number of methoxy groups -OCH3 is 1. The molecule has 1 aromatic carbocycles. The van der Waals surface area contributed by atoms with Crippen LogP contribution in [-0.4, -0.2) is 7.11 Å². The van der Waals surface area contributed by atoms with Gasteiger partial charge >= 0.3 is 0 Å². The molecule has 0 aliphatic rings. The van der Waals surface area contributed by atoms with Crippen LogP contribution in [0, 0.1) is 0 Å². The van der Waals surface area contributed by atoms with Crippen molar-refractivity contribution >= 4 is 11.0 Å². The zero-order valence-corrected chi connectivity index (χ0v) is 9.67. The number of furan rings is 1. The summed E-state index contributed by atoms with van der Waals surface area (Å²) in [6.07, 6.45) is 3.06. The van der Waals surface area contributed by atoms with Gasteiger partial charge in [0.25, 0.3) is 0 Å². The summed E-state index contributed by atoms with van der Waals surface area (Å²) in [6.45, 7) is 0. The Labute approximate surface area is 102 Å². The predicted molar refractivity (Wildman–Crippen MR) is 66.7 cm³/mol. The lowest BCUT2D eigenvalue weighted by atomic mass is 10.2. The molecule has 0 radical (unpaired) electrons. The van der Waals surface area contributed by atoms with Crippen LogP contribution in [0.5, 0.6) is 5.75 Å². The summed E-state index contributed by atoms with van der Waals surface area (Å²) in [4.78, 5) is 12.0. The average Bonchev–Trinajstić information content (AvgIpc) is 2.91. The van der Waals surface area contributed by atoms with Gasteiger partial charge in [0.05, 0.1) is 24.3 Å². The summed E-state index contributed by atoms with van der Waals surface area (Å²) < 4.78 is 15.8. The molecule has 4 heteroatoms. The van der Waals surface area contributed by atoms with Gasteiger partial charge in [0, 0.05) is 12.1 Å². The number of fused-ring (bicyclic) bond motifs is 1. The van der Waals surface area contributed by atoms with Crippen molar-refractivity contribution in [3.63, 3.8) is 0 Å². The topological polar surface area (TPSA) is 52.6 Å². The zero-order valence-electron chi connectivity index (χ0n) is 9.67. The van der Waals surface area contributed by atoms with Crippen molar-refractivity contribution in [1.82, 2.24) is 0 Å². The van der Waals surface area contributed by atoms with E-state index in [2.05, 4.69) is 0 Å². The van der Waals surface area contributed by atoms with Gasteiger partial charge in [-0.2, -0.15) is 0 Å². The molecule has 3 aromatic rings. The van der Waals surface area contributed by atoms with Crippen LogP contribution in [0.15, 0.2) is 56.5 Å². The standard InChI is InChI=1S/C14H10O4/c1-16-10-2-3-11-12(15)7-13(18-14(11)6-10)9-4-5-17-8-9/h2-8H,1H3. The van der Waals surface area contributed by atoms with E-state index >= 15 is 0 Å². The molecule has 0 bridgehead atoms. The summed E-state index contributed by atoms with van der Waals surface area (Å²) in [5, 5.41) is 0.531. The Kier molecular flexibility index (Phi) is 2.41. The van der Waals surface area contributed by atoms with Gasteiger partial charge in [-0.25, -0.2) is 0 Å². The van der Waals surface area contributed by atoms with Gasteiger partial charge in [-0.3, -0.25) is 4.79 Å². The third-order valence-corrected chi connectivity index (χ3v) is 2.74. The van der Waals surface area contributed by atoms with Gasteiger partial charge in [0.15, 0.2) is 5.43 Å². The molecule has 0 spiro atoms. The highest BCUT2D eigenvalue weighted by Crippen LogP contribution is 2.24. The Hall–Kier alpha value is -2.49. The quantitative estimate of drug-likeness (QED) is 0.693. The highest BCUT2D eigenvalue weighted by Gasteiger charge is 2.08. The molecule has 0 saturated heterocycles. The van der Waals surface area contributed by atoms with E-state index in [1.165, 1.54) is 18.6 Å². The number of benzene rings is 1. The van der Waals surface area contributed by atoms with E-state index in [9.17, 15) is 4.79 Å². The fourth-order valence-electron chi connectivity index (χ4n) is 1.81. The lowest BCUT2D eigenvalue weighted by molar-refractivity contribution is 0.414. The Bertz CT molecular complexity index is 738. The monoisotopic (exact) mass is 242 g/mol. The van der Waals surface area contributed by atoms with E-state index in [4.69, 9.17) is 13.6 Å². The van der Waals surface area contributed by atoms with E-state index in [0.29, 0.717) is 22.5 Å². The Morgan fingerprint density at radius 2 is 2.06 bits per heavy atom. The maximum Gasteiger partial charge on any atom is 0.193 e. The highest BCUT2D eigenvalue weighted by molar-refractivity contribution is 5.79. The third kappa shape index (κ3) is 1.68. The summed E-state index contributed by atoms with van der Waals surface area (Å²) in [6, 6.07) is 8.32. The maximum absolute atomic E-state index is 12.0. The number of rotatable bonds is 2. The second-order valence-corrected chi connectivity index (χ2v) is 3.85. The molecule has 18 heavy (non-hydrogen) atoms. The van der Waals surface area contributed by atoms with Crippen LogP contribution in [0.2, 0.25) is 0 Å². The van der Waals surface area contributed by atoms with Crippen LogP contribution < -0.4 is 10.2 Å². The number of hydrogen-bond acceptors (Lipinski definition) is 4. The van der Waals surface area contributed by atoms with Gasteiger partial charge < -0.3 is 13.6 Å². The number of ether oxygens (including phenoxy) is 1. The molecule has 0 aliphatic carbocycles. The summed E-state index contributed by atoms with van der Waals surface area (Å²) in [5.74, 6) is 1.13. The van der Waals surface area contributed by atoms with Crippen molar-refractivity contribution in [2.75, 3.05) is 7.11 Å². The molecule has 0 saturated carbocycles. The Morgan fingerprint density at radius 1 is 1.17 bits per heavy atom. The SMILES string of the molecule is COc1ccc2c(=O)cc(-c3ccoc3)oc2c1. The van der Waals surface area contributed by atoms with E-state index in [1.54, 1.807) is 31.4 Å².